The SMILES string of the molecule is NC1C[C@H]2CC[C@@H](C1)N2Cc1ccc(Cl)cc1. The van der Waals surface area contributed by atoms with Crippen molar-refractivity contribution >= 4 is 11.6 Å². The molecule has 92 valence electrons. The predicted octanol–water partition coefficient (Wildman–Crippen LogP) is 2.79. The van der Waals surface area contributed by atoms with Gasteiger partial charge in [0.2, 0.25) is 0 Å². The van der Waals surface area contributed by atoms with Crippen molar-refractivity contribution in [1.29, 1.82) is 0 Å². The van der Waals surface area contributed by atoms with Crippen LogP contribution >= 0.6 is 11.6 Å². The summed E-state index contributed by atoms with van der Waals surface area (Å²) in [6.07, 6.45) is 4.99. The number of hydrogen-bond acceptors (Lipinski definition) is 2. The third kappa shape index (κ3) is 2.35. The summed E-state index contributed by atoms with van der Waals surface area (Å²) in [5.41, 5.74) is 7.45. The minimum absolute atomic E-state index is 0.425. The Bertz CT molecular complexity index is 376. The van der Waals surface area contributed by atoms with Gasteiger partial charge in [0, 0.05) is 29.7 Å². The molecular weight excluding hydrogens is 232 g/mol. The summed E-state index contributed by atoms with van der Waals surface area (Å²) in [4.78, 5) is 2.65. The summed E-state index contributed by atoms with van der Waals surface area (Å²) in [7, 11) is 0. The first-order valence-corrected chi connectivity index (χ1v) is 6.86. The van der Waals surface area contributed by atoms with Gasteiger partial charge in [-0.15, -0.1) is 0 Å². The van der Waals surface area contributed by atoms with E-state index in [9.17, 15) is 0 Å². The van der Waals surface area contributed by atoms with E-state index < -0.39 is 0 Å². The first-order chi connectivity index (χ1) is 8.22. The lowest BCUT2D eigenvalue weighted by Gasteiger charge is -2.37. The highest BCUT2D eigenvalue weighted by Crippen LogP contribution is 2.36. The third-order valence-corrected chi connectivity index (χ3v) is 4.45. The molecule has 0 amide bonds. The molecule has 2 N–H and O–H groups in total. The number of piperidine rings is 1. The van der Waals surface area contributed by atoms with Gasteiger partial charge < -0.3 is 5.73 Å². The van der Waals surface area contributed by atoms with E-state index in [0.29, 0.717) is 18.1 Å². The molecular formula is C14H19ClN2. The highest BCUT2D eigenvalue weighted by molar-refractivity contribution is 6.30. The van der Waals surface area contributed by atoms with Crippen LogP contribution in [0.25, 0.3) is 0 Å². The fraction of sp³-hybridized carbons (Fsp3) is 0.571. The second-order valence-electron chi connectivity index (χ2n) is 5.42. The fourth-order valence-corrected chi connectivity index (χ4v) is 3.50. The van der Waals surface area contributed by atoms with Crippen LogP contribution in [0.3, 0.4) is 0 Å². The van der Waals surface area contributed by atoms with E-state index in [-0.39, 0.29) is 0 Å². The molecule has 1 unspecified atom stereocenters. The molecule has 0 radical (unpaired) electrons. The van der Waals surface area contributed by atoms with Gasteiger partial charge in [0.05, 0.1) is 0 Å². The number of rotatable bonds is 2. The van der Waals surface area contributed by atoms with Gasteiger partial charge in [-0.25, -0.2) is 0 Å². The predicted molar refractivity (Wildman–Crippen MR) is 71.0 cm³/mol. The normalized spacial score (nSPS) is 32.9. The summed E-state index contributed by atoms with van der Waals surface area (Å²) in [5.74, 6) is 0. The van der Waals surface area contributed by atoms with Crippen molar-refractivity contribution in [2.75, 3.05) is 0 Å². The highest BCUT2D eigenvalue weighted by Gasteiger charge is 2.39. The Balaban J connectivity index is 1.72. The summed E-state index contributed by atoms with van der Waals surface area (Å²) < 4.78 is 0. The molecule has 1 aromatic carbocycles. The molecule has 2 heterocycles. The Hall–Kier alpha value is -0.570. The Labute approximate surface area is 108 Å². The van der Waals surface area contributed by atoms with Crippen LogP contribution in [0.2, 0.25) is 5.02 Å². The topological polar surface area (TPSA) is 29.3 Å². The Morgan fingerprint density at radius 2 is 1.71 bits per heavy atom. The van der Waals surface area contributed by atoms with Gasteiger partial charge in [-0.3, -0.25) is 4.90 Å². The summed E-state index contributed by atoms with van der Waals surface area (Å²) in [5, 5.41) is 0.817. The van der Waals surface area contributed by atoms with E-state index in [4.69, 9.17) is 17.3 Å². The maximum absolute atomic E-state index is 6.09. The molecule has 2 nitrogen and oxygen atoms in total. The van der Waals surface area contributed by atoms with Crippen LogP contribution in [-0.4, -0.2) is 23.0 Å². The Morgan fingerprint density at radius 1 is 1.12 bits per heavy atom. The maximum atomic E-state index is 6.09. The number of benzene rings is 1. The number of hydrogen-bond donors (Lipinski definition) is 1. The van der Waals surface area contributed by atoms with Crippen molar-refractivity contribution in [3.63, 3.8) is 0 Å². The maximum Gasteiger partial charge on any atom is 0.0406 e. The van der Waals surface area contributed by atoms with Crippen LogP contribution in [0.5, 0.6) is 0 Å². The lowest BCUT2D eigenvalue weighted by Crippen LogP contribution is -2.46. The van der Waals surface area contributed by atoms with Crippen LogP contribution in [-0.2, 0) is 6.54 Å². The second-order valence-corrected chi connectivity index (χ2v) is 5.85. The lowest BCUT2D eigenvalue weighted by atomic mass is 9.97. The largest absolute Gasteiger partial charge is 0.328 e. The van der Waals surface area contributed by atoms with Gasteiger partial charge in [0.15, 0.2) is 0 Å². The van der Waals surface area contributed by atoms with E-state index in [2.05, 4.69) is 17.0 Å². The molecule has 17 heavy (non-hydrogen) atoms. The molecule has 3 rings (SSSR count). The lowest BCUT2D eigenvalue weighted by molar-refractivity contribution is 0.120. The van der Waals surface area contributed by atoms with Crippen LogP contribution in [0.4, 0.5) is 0 Å². The van der Waals surface area contributed by atoms with Crippen molar-refractivity contribution in [1.82, 2.24) is 4.90 Å². The van der Waals surface area contributed by atoms with Crippen molar-refractivity contribution in [2.24, 2.45) is 5.73 Å². The van der Waals surface area contributed by atoms with Crippen LogP contribution in [0, 0.1) is 0 Å². The third-order valence-electron chi connectivity index (χ3n) is 4.20. The van der Waals surface area contributed by atoms with Crippen LogP contribution in [0.1, 0.15) is 31.2 Å². The molecule has 3 atom stereocenters. The molecule has 0 aromatic heterocycles. The number of fused-ring (bicyclic) bond motifs is 2. The van der Waals surface area contributed by atoms with Gasteiger partial charge in [0.25, 0.3) is 0 Å². The molecule has 3 heteroatoms. The first-order valence-electron chi connectivity index (χ1n) is 6.48. The Kier molecular flexibility index (Phi) is 3.12. The minimum atomic E-state index is 0.425. The standard InChI is InChI=1S/C14H19ClN2/c15-11-3-1-10(2-4-11)9-17-13-5-6-14(17)8-12(16)7-13/h1-4,12-14H,5-9,16H2/t12?,13-,14+. The zero-order chi connectivity index (χ0) is 11.8. The van der Waals surface area contributed by atoms with E-state index >= 15 is 0 Å². The number of halogens is 1. The molecule has 0 aliphatic carbocycles. The number of nitrogens with two attached hydrogens (primary N) is 1. The van der Waals surface area contributed by atoms with E-state index in [1.54, 1.807) is 0 Å². The molecule has 0 saturated carbocycles. The summed E-state index contributed by atoms with van der Waals surface area (Å²) >= 11 is 5.91. The fourth-order valence-electron chi connectivity index (χ4n) is 3.38. The molecule has 0 spiro atoms. The monoisotopic (exact) mass is 250 g/mol. The van der Waals surface area contributed by atoms with E-state index in [0.717, 1.165) is 11.6 Å². The van der Waals surface area contributed by atoms with Crippen molar-refractivity contribution < 1.29 is 0 Å². The zero-order valence-electron chi connectivity index (χ0n) is 9.98. The first kappa shape index (κ1) is 11.5. The summed E-state index contributed by atoms with van der Waals surface area (Å²) in [6.45, 7) is 1.05. The number of nitrogens with zero attached hydrogens (tertiary/aromatic N) is 1. The molecule has 2 aliphatic heterocycles. The van der Waals surface area contributed by atoms with Gasteiger partial charge in [0.1, 0.15) is 0 Å². The summed E-state index contributed by atoms with van der Waals surface area (Å²) in [6, 6.07) is 10.1. The van der Waals surface area contributed by atoms with Crippen molar-refractivity contribution in [3.8, 4) is 0 Å². The zero-order valence-corrected chi connectivity index (χ0v) is 10.7. The average molecular weight is 251 g/mol. The van der Waals surface area contributed by atoms with E-state index in [1.165, 1.54) is 31.2 Å². The van der Waals surface area contributed by atoms with Gasteiger partial charge in [-0.2, -0.15) is 0 Å². The highest BCUT2D eigenvalue weighted by atomic mass is 35.5. The Morgan fingerprint density at radius 3 is 2.29 bits per heavy atom. The van der Waals surface area contributed by atoms with Crippen LogP contribution in [0.15, 0.2) is 24.3 Å². The second kappa shape index (κ2) is 4.60. The molecule has 2 fully saturated rings. The van der Waals surface area contributed by atoms with Gasteiger partial charge >= 0.3 is 0 Å². The van der Waals surface area contributed by atoms with Crippen LogP contribution < -0.4 is 5.73 Å². The average Bonchev–Trinajstić information content (AvgIpc) is 2.56. The molecule has 2 bridgehead atoms. The minimum Gasteiger partial charge on any atom is -0.328 e. The van der Waals surface area contributed by atoms with Gasteiger partial charge in [-0.1, -0.05) is 23.7 Å². The smallest absolute Gasteiger partial charge is 0.0406 e. The molecule has 1 aromatic rings. The van der Waals surface area contributed by atoms with Crippen molar-refractivity contribution in [2.45, 2.75) is 50.4 Å². The van der Waals surface area contributed by atoms with Gasteiger partial charge in [-0.05, 0) is 43.4 Å². The van der Waals surface area contributed by atoms with Crippen molar-refractivity contribution in [3.05, 3.63) is 34.9 Å². The molecule has 2 aliphatic rings. The molecule has 2 saturated heterocycles. The van der Waals surface area contributed by atoms with E-state index in [1.807, 2.05) is 12.1 Å². The quantitative estimate of drug-likeness (QED) is 0.875.